The Bertz CT molecular complexity index is 1390. The molecule has 33 heavy (non-hydrogen) atoms. The van der Waals surface area contributed by atoms with Crippen molar-refractivity contribution in [3.63, 3.8) is 0 Å². The molecular weight excluding hydrogens is 412 g/mol. The van der Waals surface area contributed by atoms with Gasteiger partial charge in [-0.2, -0.15) is 0 Å². The zero-order chi connectivity index (χ0) is 23.5. The van der Waals surface area contributed by atoms with Crippen LogP contribution < -0.4 is 5.69 Å². The first-order chi connectivity index (χ1) is 16.0. The van der Waals surface area contributed by atoms with Gasteiger partial charge in [0.05, 0.1) is 5.69 Å². The van der Waals surface area contributed by atoms with Crippen LogP contribution in [0.2, 0.25) is 0 Å². The van der Waals surface area contributed by atoms with Crippen LogP contribution in [-0.4, -0.2) is 24.9 Å². The Balaban J connectivity index is 2.11. The first kappa shape index (κ1) is 22.4. The molecule has 0 aliphatic heterocycles. The molecule has 0 aliphatic rings. The molecule has 0 spiro atoms. The highest BCUT2D eigenvalue weighted by Gasteiger charge is 2.25. The van der Waals surface area contributed by atoms with Crippen LogP contribution in [0.4, 0.5) is 0 Å². The number of allylic oxidation sites excluding steroid dienone is 1. The number of nitrogens with zero attached hydrogens (tertiary/aromatic N) is 4. The number of carbonyl (C=O) groups is 1. The number of hydrogen-bond acceptors (Lipinski definition) is 4. The predicted octanol–water partition coefficient (Wildman–Crippen LogP) is 5.42. The maximum Gasteiger partial charge on any atom is 0.335 e. The van der Waals surface area contributed by atoms with E-state index in [0.29, 0.717) is 23.4 Å². The van der Waals surface area contributed by atoms with Gasteiger partial charge in [0.2, 0.25) is 0 Å². The Kier molecular flexibility index (Phi) is 6.36. The summed E-state index contributed by atoms with van der Waals surface area (Å²) in [6, 6.07) is 15.5. The van der Waals surface area contributed by atoms with Crippen LogP contribution in [0, 0.1) is 13.8 Å². The van der Waals surface area contributed by atoms with Gasteiger partial charge in [-0.15, -0.1) is 6.58 Å². The van der Waals surface area contributed by atoms with E-state index in [2.05, 4.69) is 6.58 Å². The van der Waals surface area contributed by atoms with Crippen molar-refractivity contribution in [1.29, 1.82) is 0 Å². The number of aryl methyl sites for hydroxylation is 2. The van der Waals surface area contributed by atoms with Crippen molar-refractivity contribution in [2.75, 3.05) is 0 Å². The smallest absolute Gasteiger partial charge is 0.292 e. The number of carbonyl (C=O) groups excluding carboxylic acids is 1. The molecule has 0 bridgehead atoms. The lowest BCUT2D eigenvalue weighted by atomic mass is 10.1. The highest BCUT2D eigenvalue weighted by atomic mass is 16.2. The van der Waals surface area contributed by atoms with E-state index in [-0.39, 0.29) is 23.7 Å². The van der Waals surface area contributed by atoms with E-state index in [1.54, 1.807) is 15.2 Å². The van der Waals surface area contributed by atoms with Gasteiger partial charge >= 0.3 is 5.69 Å². The van der Waals surface area contributed by atoms with Crippen LogP contribution in [0.1, 0.15) is 47.8 Å². The van der Waals surface area contributed by atoms with Crippen molar-refractivity contribution in [3.05, 3.63) is 88.5 Å². The summed E-state index contributed by atoms with van der Waals surface area (Å²) in [5.74, 6) is 0.345. The van der Waals surface area contributed by atoms with Gasteiger partial charge in [0.15, 0.2) is 17.3 Å². The second kappa shape index (κ2) is 9.36. The maximum atomic E-state index is 13.6. The third-order valence-electron chi connectivity index (χ3n) is 5.77. The van der Waals surface area contributed by atoms with Crippen molar-refractivity contribution < 1.29 is 4.79 Å². The standard InChI is InChI=1S/C27H28N4O2/c1-5-7-12-22(32)23-24-26(29-25(28-23)20-15-13-18(3)14-16-20)31(27(33)30(24)17-6-2)21-11-9-8-10-19(21)4/h6,8-11,13-16H,2,5,7,12,17H2,1,3-4H3. The Morgan fingerprint density at radius 3 is 2.45 bits per heavy atom. The van der Waals surface area contributed by atoms with Gasteiger partial charge < -0.3 is 0 Å². The van der Waals surface area contributed by atoms with Gasteiger partial charge in [-0.3, -0.25) is 9.36 Å². The molecule has 6 nitrogen and oxygen atoms in total. The van der Waals surface area contributed by atoms with E-state index in [4.69, 9.17) is 9.97 Å². The monoisotopic (exact) mass is 440 g/mol. The SMILES string of the molecule is C=CCn1c(=O)n(-c2ccccc2C)c2nc(-c3ccc(C)cc3)nc(C(=O)CCCC)c21. The highest BCUT2D eigenvalue weighted by Crippen LogP contribution is 2.26. The minimum atomic E-state index is -0.265. The highest BCUT2D eigenvalue weighted by molar-refractivity contribution is 6.04. The summed E-state index contributed by atoms with van der Waals surface area (Å²) < 4.78 is 3.14. The van der Waals surface area contributed by atoms with Crippen LogP contribution in [0.25, 0.3) is 28.2 Å². The van der Waals surface area contributed by atoms with E-state index in [1.165, 1.54) is 0 Å². The second-order valence-corrected chi connectivity index (χ2v) is 8.26. The quantitative estimate of drug-likeness (QED) is 0.271. The zero-order valence-corrected chi connectivity index (χ0v) is 19.3. The van der Waals surface area contributed by atoms with E-state index >= 15 is 0 Å². The number of fused-ring (bicyclic) bond motifs is 1. The number of hydrogen-bond donors (Lipinski definition) is 0. The largest absolute Gasteiger partial charge is 0.335 e. The second-order valence-electron chi connectivity index (χ2n) is 8.26. The lowest BCUT2D eigenvalue weighted by molar-refractivity contribution is 0.0976. The minimum absolute atomic E-state index is 0.0858. The molecule has 0 amide bonds. The predicted molar refractivity (Wildman–Crippen MR) is 132 cm³/mol. The van der Waals surface area contributed by atoms with Crippen LogP contribution in [0.15, 0.2) is 66.0 Å². The number of imidazole rings is 1. The van der Waals surface area contributed by atoms with Gasteiger partial charge in [0, 0.05) is 18.5 Å². The van der Waals surface area contributed by atoms with E-state index in [1.807, 2.05) is 69.3 Å². The third kappa shape index (κ3) is 4.16. The molecule has 4 rings (SSSR count). The minimum Gasteiger partial charge on any atom is -0.292 e. The fourth-order valence-corrected chi connectivity index (χ4v) is 3.97. The molecule has 0 saturated heterocycles. The molecule has 0 N–H and O–H groups in total. The molecule has 0 fully saturated rings. The van der Waals surface area contributed by atoms with Crippen molar-refractivity contribution >= 4 is 16.9 Å². The topological polar surface area (TPSA) is 69.8 Å². The zero-order valence-electron chi connectivity index (χ0n) is 19.3. The van der Waals surface area contributed by atoms with E-state index in [0.717, 1.165) is 35.2 Å². The molecule has 0 radical (unpaired) electrons. The average molecular weight is 441 g/mol. The summed E-state index contributed by atoms with van der Waals surface area (Å²) in [6.07, 6.45) is 3.67. The van der Waals surface area contributed by atoms with Crippen LogP contribution >= 0.6 is 0 Å². The Hall–Kier alpha value is -3.80. The average Bonchev–Trinajstić information content (AvgIpc) is 3.09. The van der Waals surface area contributed by atoms with Gasteiger partial charge in [-0.25, -0.2) is 19.3 Å². The maximum absolute atomic E-state index is 13.6. The number of rotatable bonds is 8. The van der Waals surface area contributed by atoms with Gasteiger partial charge in [0.1, 0.15) is 11.2 Å². The van der Waals surface area contributed by atoms with Crippen molar-refractivity contribution in [1.82, 2.24) is 19.1 Å². The van der Waals surface area contributed by atoms with Crippen molar-refractivity contribution in [2.24, 2.45) is 0 Å². The molecule has 4 aromatic rings. The number of aromatic nitrogens is 4. The number of benzene rings is 2. The van der Waals surface area contributed by atoms with Gasteiger partial charge in [0.25, 0.3) is 0 Å². The van der Waals surface area contributed by atoms with Crippen LogP contribution in [-0.2, 0) is 6.54 Å². The summed E-state index contributed by atoms with van der Waals surface area (Å²) in [6.45, 7) is 10.1. The molecular formula is C27H28N4O2. The Morgan fingerprint density at radius 2 is 1.79 bits per heavy atom. The van der Waals surface area contributed by atoms with Crippen molar-refractivity contribution in [2.45, 2.75) is 46.6 Å². The molecule has 0 unspecified atom stereocenters. The molecule has 2 aromatic heterocycles. The Morgan fingerprint density at radius 1 is 1.06 bits per heavy atom. The fourth-order valence-electron chi connectivity index (χ4n) is 3.97. The molecule has 2 aromatic carbocycles. The number of unbranched alkanes of at least 4 members (excludes halogenated alkanes) is 1. The van der Waals surface area contributed by atoms with E-state index < -0.39 is 0 Å². The number of para-hydroxylation sites is 1. The number of ketones is 1. The van der Waals surface area contributed by atoms with Gasteiger partial charge in [-0.1, -0.05) is 67.4 Å². The summed E-state index contributed by atoms with van der Waals surface area (Å²) in [5.41, 5.74) is 4.50. The van der Waals surface area contributed by atoms with Crippen LogP contribution in [0.3, 0.4) is 0 Å². The lowest BCUT2D eigenvalue weighted by Crippen LogP contribution is -2.23. The molecule has 0 atom stereocenters. The Labute approximate surface area is 193 Å². The fraction of sp³-hybridized carbons (Fsp3) is 0.259. The molecule has 0 aliphatic carbocycles. The first-order valence-electron chi connectivity index (χ1n) is 11.3. The van der Waals surface area contributed by atoms with E-state index in [9.17, 15) is 9.59 Å². The lowest BCUT2D eigenvalue weighted by Gasteiger charge is -2.10. The summed E-state index contributed by atoms with van der Waals surface area (Å²) in [4.78, 5) is 36.4. The number of Topliss-reactive ketones (excluding diaryl/α,β-unsaturated/α-hetero) is 1. The first-order valence-corrected chi connectivity index (χ1v) is 11.3. The van der Waals surface area contributed by atoms with Crippen LogP contribution in [0.5, 0.6) is 0 Å². The summed E-state index contributed by atoms with van der Waals surface area (Å²) >= 11 is 0. The van der Waals surface area contributed by atoms with Gasteiger partial charge in [-0.05, 0) is 31.9 Å². The normalized spacial score (nSPS) is 11.1. The molecule has 168 valence electrons. The molecule has 6 heteroatoms. The molecule has 2 heterocycles. The van der Waals surface area contributed by atoms with Crippen molar-refractivity contribution in [3.8, 4) is 17.1 Å². The third-order valence-corrected chi connectivity index (χ3v) is 5.77. The summed E-state index contributed by atoms with van der Waals surface area (Å²) in [7, 11) is 0. The molecule has 0 saturated carbocycles. The summed E-state index contributed by atoms with van der Waals surface area (Å²) in [5, 5.41) is 0.